The molecule has 4 aliphatic carbocycles. The predicted molar refractivity (Wildman–Crippen MR) is 154 cm³/mol. The Morgan fingerprint density at radius 1 is 1.03 bits per heavy atom. The topological polar surface area (TPSA) is 79.1 Å². The van der Waals surface area contributed by atoms with Gasteiger partial charge in [-0.2, -0.15) is 5.10 Å². The highest BCUT2D eigenvalue weighted by Gasteiger charge is 2.59. The standard InChI is InChI=1S/C31H39N5OS/c1-19(33-36-29-32-20(2)28(38-29)35-34-22-8-6-5-7-9-22)25-12-13-26-24-11-10-21-18-23(37)14-16-30(21,3)27(24)15-17-31(25,26)4/h5-9,18,24-27H,10-17H2,1-4H3,(H,32,36)/b33-19-,35-34?/t24-,25+,26-,27-,30-,31+/m0/s1. The number of carbonyl (C=O) groups is 1. The quantitative estimate of drug-likeness (QED) is 0.239. The van der Waals surface area contributed by atoms with Gasteiger partial charge in [0.25, 0.3) is 0 Å². The summed E-state index contributed by atoms with van der Waals surface area (Å²) in [7, 11) is 0. The minimum atomic E-state index is 0.235. The van der Waals surface area contributed by atoms with Crippen LogP contribution < -0.4 is 5.43 Å². The summed E-state index contributed by atoms with van der Waals surface area (Å²) >= 11 is 1.49. The Hall–Kier alpha value is -2.67. The molecule has 4 aliphatic rings. The highest BCUT2D eigenvalue weighted by atomic mass is 32.1. The van der Waals surface area contributed by atoms with Gasteiger partial charge >= 0.3 is 0 Å². The van der Waals surface area contributed by atoms with Crippen LogP contribution in [0.4, 0.5) is 15.8 Å². The minimum absolute atomic E-state index is 0.235. The number of nitrogens with one attached hydrogen (secondary N) is 1. The van der Waals surface area contributed by atoms with Crippen molar-refractivity contribution in [1.82, 2.24) is 4.98 Å². The molecule has 3 fully saturated rings. The molecular weight excluding hydrogens is 490 g/mol. The number of aryl methyl sites for hydroxylation is 1. The van der Waals surface area contributed by atoms with E-state index in [1.165, 1.54) is 54.7 Å². The van der Waals surface area contributed by atoms with Gasteiger partial charge in [-0.1, -0.05) is 49.0 Å². The lowest BCUT2D eigenvalue weighted by Gasteiger charge is -2.58. The van der Waals surface area contributed by atoms with Crippen molar-refractivity contribution in [1.29, 1.82) is 0 Å². The van der Waals surface area contributed by atoms with E-state index in [4.69, 9.17) is 5.10 Å². The first kappa shape index (κ1) is 25.6. The molecule has 1 aromatic carbocycles. The summed E-state index contributed by atoms with van der Waals surface area (Å²) in [5.74, 6) is 3.09. The largest absolute Gasteiger partial charge is 0.295 e. The smallest absolute Gasteiger partial charge is 0.205 e. The molecule has 7 heteroatoms. The molecule has 0 saturated heterocycles. The average Bonchev–Trinajstić information content (AvgIpc) is 3.46. The van der Waals surface area contributed by atoms with Gasteiger partial charge in [0.05, 0.1) is 11.4 Å². The third-order valence-corrected chi connectivity index (χ3v) is 11.5. The molecule has 1 N–H and O–H groups in total. The number of hydrogen-bond donors (Lipinski definition) is 1. The number of ketones is 1. The van der Waals surface area contributed by atoms with Crippen LogP contribution in [0.15, 0.2) is 57.3 Å². The lowest BCUT2D eigenvalue weighted by atomic mass is 9.46. The molecule has 0 unspecified atom stereocenters. The number of anilines is 1. The fourth-order valence-electron chi connectivity index (χ4n) is 8.59. The molecule has 1 aromatic heterocycles. The molecule has 0 aliphatic heterocycles. The predicted octanol–water partition coefficient (Wildman–Crippen LogP) is 8.80. The summed E-state index contributed by atoms with van der Waals surface area (Å²) in [4.78, 5) is 16.8. The summed E-state index contributed by atoms with van der Waals surface area (Å²) in [5, 5.41) is 15.2. The van der Waals surface area contributed by atoms with Crippen molar-refractivity contribution >= 4 is 38.7 Å². The van der Waals surface area contributed by atoms with E-state index < -0.39 is 0 Å². The highest BCUT2D eigenvalue weighted by Crippen LogP contribution is 2.66. The minimum Gasteiger partial charge on any atom is -0.295 e. The summed E-state index contributed by atoms with van der Waals surface area (Å²) in [6.45, 7) is 9.17. The molecule has 0 radical (unpaired) electrons. The van der Waals surface area contributed by atoms with Crippen molar-refractivity contribution in [2.24, 2.45) is 49.8 Å². The second-order valence-electron chi connectivity index (χ2n) is 12.5. The maximum Gasteiger partial charge on any atom is 0.205 e. The third-order valence-electron chi connectivity index (χ3n) is 10.6. The molecule has 3 saturated carbocycles. The molecule has 0 bridgehead atoms. The zero-order chi connectivity index (χ0) is 26.5. The van der Waals surface area contributed by atoms with Crippen LogP contribution in [-0.2, 0) is 4.79 Å². The van der Waals surface area contributed by atoms with Gasteiger partial charge in [-0.25, -0.2) is 4.98 Å². The first-order valence-electron chi connectivity index (χ1n) is 14.3. The first-order chi connectivity index (χ1) is 18.3. The van der Waals surface area contributed by atoms with Crippen LogP contribution in [-0.4, -0.2) is 16.5 Å². The first-order valence-corrected chi connectivity index (χ1v) is 15.1. The van der Waals surface area contributed by atoms with Crippen LogP contribution in [0.5, 0.6) is 0 Å². The van der Waals surface area contributed by atoms with E-state index in [0.29, 0.717) is 17.1 Å². The van der Waals surface area contributed by atoms with E-state index in [9.17, 15) is 4.79 Å². The van der Waals surface area contributed by atoms with E-state index >= 15 is 0 Å². The molecule has 200 valence electrons. The molecule has 0 amide bonds. The summed E-state index contributed by atoms with van der Waals surface area (Å²) < 4.78 is 0. The number of hydrazone groups is 1. The third kappa shape index (κ3) is 4.37. The van der Waals surface area contributed by atoms with Gasteiger partial charge in [-0.3, -0.25) is 10.2 Å². The van der Waals surface area contributed by atoms with E-state index in [0.717, 1.165) is 58.5 Å². The molecule has 1 heterocycles. The number of allylic oxidation sites excluding steroid dienone is 1. The molecular formula is C31H39N5OS. The number of rotatable bonds is 5. The monoisotopic (exact) mass is 529 g/mol. The summed E-state index contributed by atoms with van der Waals surface area (Å²) in [6.07, 6.45) is 11.2. The van der Waals surface area contributed by atoms with Gasteiger partial charge in [0.1, 0.15) is 0 Å². The molecule has 6 nitrogen and oxygen atoms in total. The van der Waals surface area contributed by atoms with Crippen molar-refractivity contribution in [3.63, 3.8) is 0 Å². The van der Waals surface area contributed by atoms with E-state index in [2.05, 4.69) is 41.4 Å². The number of thiazole rings is 1. The molecule has 0 spiro atoms. The Kier molecular flexibility index (Phi) is 6.61. The van der Waals surface area contributed by atoms with Gasteiger partial charge in [-0.05, 0) is 106 Å². The van der Waals surface area contributed by atoms with Gasteiger partial charge in [0, 0.05) is 18.1 Å². The molecule has 6 rings (SSSR count). The number of azo groups is 1. The summed E-state index contributed by atoms with van der Waals surface area (Å²) in [6, 6.07) is 9.77. The fourth-order valence-corrected chi connectivity index (χ4v) is 9.32. The maximum absolute atomic E-state index is 12.1. The van der Waals surface area contributed by atoms with Gasteiger partial charge in [0.15, 0.2) is 10.8 Å². The maximum atomic E-state index is 12.1. The van der Waals surface area contributed by atoms with Gasteiger partial charge in [0.2, 0.25) is 5.13 Å². The number of fused-ring (bicyclic) bond motifs is 5. The van der Waals surface area contributed by atoms with Crippen molar-refractivity contribution in [2.75, 3.05) is 5.43 Å². The Morgan fingerprint density at radius 3 is 2.66 bits per heavy atom. The molecule has 6 atom stereocenters. The van der Waals surface area contributed by atoms with E-state index in [1.54, 1.807) is 0 Å². The van der Waals surface area contributed by atoms with Crippen LogP contribution in [0.2, 0.25) is 0 Å². The Balaban J connectivity index is 1.15. The lowest BCUT2D eigenvalue weighted by Crippen LogP contribution is -2.51. The zero-order valence-corrected chi connectivity index (χ0v) is 23.9. The number of hydrogen-bond acceptors (Lipinski definition) is 7. The average molecular weight is 530 g/mol. The number of aromatic nitrogens is 1. The zero-order valence-electron chi connectivity index (χ0n) is 23.0. The lowest BCUT2D eigenvalue weighted by molar-refractivity contribution is -0.117. The second kappa shape index (κ2) is 9.82. The molecule has 2 aromatic rings. The van der Waals surface area contributed by atoms with Gasteiger partial charge in [-0.15, -0.1) is 10.2 Å². The van der Waals surface area contributed by atoms with Crippen molar-refractivity contribution < 1.29 is 4.79 Å². The Bertz CT molecular complexity index is 1310. The summed E-state index contributed by atoms with van der Waals surface area (Å²) in [5.41, 5.74) is 8.13. The van der Waals surface area contributed by atoms with Crippen LogP contribution in [0.3, 0.4) is 0 Å². The van der Waals surface area contributed by atoms with Crippen LogP contribution >= 0.6 is 11.3 Å². The fraction of sp³-hybridized carbons (Fsp3) is 0.581. The van der Waals surface area contributed by atoms with E-state index in [1.807, 2.05) is 43.3 Å². The Labute approximate surface area is 230 Å². The number of carbonyl (C=O) groups excluding carboxylic acids is 1. The van der Waals surface area contributed by atoms with Crippen LogP contribution in [0, 0.1) is 41.4 Å². The van der Waals surface area contributed by atoms with Crippen molar-refractivity contribution in [2.45, 2.75) is 79.1 Å². The number of benzene rings is 1. The Morgan fingerprint density at radius 2 is 1.84 bits per heavy atom. The normalized spacial score (nSPS) is 35.0. The second-order valence-corrected chi connectivity index (χ2v) is 13.4. The van der Waals surface area contributed by atoms with Crippen LogP contribution in [0.25, 0.3) is 0 Å². The SMILES string of the molecule is C/C(=N/Nc1nc(C)c(N=Nc2ccccc2)s1)[C@H]1CC[C@H]2[C@@H]3CCC4=CC(=O)CC[C@]4(C)[C@H]3CC[C@]12C. The van der Waals surface area contributed by atoms with Crippen molar-refractivity contribution in [3.8, 4) is 0 Å². The van der Waals surface area contributed by atoms with E-state index in [-0.39, 0.29) is 5.41 Å². The van der Waals surface area contributed by atoms with Crippen molar-refractivity contribution in [3.05, 3.63) is 47.7 Å². The van der Waals surface area contributed by atoms with Crippen LogP contribution in [0.1, 0.15) is 77.8 Å². The van der Waals surface area contributed by atoms with Gasteiger partial charge < -0.3 is 0 Å². The molecule has 38 heavy (non-hydrogen) atoms. The highest BCUT2D eigenvalue weighted by molar-refractivity contribution is 7.19. The number of nitrogens with zero attached hydrogens (tertiary/aromatic N) is 4.